The number of nitro groups is 1. The second-order valence-corrected chi connectivity index (χ2v) is 7.36. The van der Waals surface area contributed by atoms with Crippen molar-refractivity contribution in [3.05, 3.63) is 55.4 Å². The summed E-state index contributed by atoms with van der Waals surface area (Å²) < 4.78 is 5.07. The molecule has 0 saturated heterocycles. The highest BCUT2D eigenvalue weighted by atomic mass is 32.1. The third-order valence-corrected chi connectivity index (χ3v) is 5.40. The van der Waals surface area contributed by atoms with Gasteiger partial charge in [-0.2, -0.15) is 0 Å². The molecule has 0 radical (unpaired) electrons. The molecule has 29 heavy (non-hydrogen) atoms. The molecule has 1 heterocycles. The highest BCUT2D eigenvalue weighted by Crippen LogP contribution is 2.35. The molecule has 1 N–H and O–H groups in total. The van der Waals surface area contributed by atoms with Gasteiger partial charge in [0.25, 0.3) is 17.5 Å². The Kier molecular flexibility index (Phi) is 6.70. The van der Waals surface area contributed by atoms with Gasteiger partial charge >= 0.3 is 5.97 Å². The predicted octanol–water partition coefficient (Wildman–Crippen LogP) is 3.40. The van der Waals surface area contributed by atoms with Gasteiger partial charge in [-0.3, -0.25) is 19.7 Å². The first kappa shape index (κ1) is 22.0. The normalized spacial score (nSPS) is 10.4. The van der Waals surface area contributed by atoms with Gasteiger partial charge in [-0.05, 0) is 32.4 Å². The van der Waals surface area contributed by atoms with Crippen molar-refractivity contribution in [3.63, 3.8) is 0 Å². The first-order valence-corrected chi connectivity index (χ1v) is 9.49. The number of thiophene rings is 1. The van der Waals surface area contributed by atoms with Gasteiger partial charge in [0.1, 0.15) is 5.00 Å². The first-order chi connectivity index (χ1) is 13.6. The van der Waals surface area contributed by atoms with Crippen molar-refractivity contribution in [1.29, 1.82) is 0 Å². The van der Waals surface area contributed by atoms with E-state index in [0.29, 0.717) is 10.4 Å². The molecule has 0 atom stereocenters. The number of anilines is 1. The molecule has 2 amide bonds. The molecule has 1 aromatic heterocycles. The smallest absolute Gasteiger partial charge is 0.341 e. The van der Waals surface area contributed by atoms with Gasteiger partial charge in [-0.25, -0.2) is 4.79 Å². The van der Waals surface area contributed by atoms with Crippen LogP contribution in [0.5, 0.6) is 0 Å². The van der Waals surface area contributed by atoms with Crippen molar-refractivity contribution in [2.45, 2.75) is 20.8 Å². The summed E-state index contributed by atoms with van der Waals surface area (Å²) in [5.74, 6) is -1.60. The van der Waals surface area contributed by atoms with Crippen molar-refractivity contribution in [3.8, 4) is 0 Å². The second-order valence-electron chi connectivity index (χ2n) is 6.34. The van der Waals surface area contributed by atoms with Crippen molar-refractivity contribution in [2.75, 3.05) is 26.0 Å². The number of nitro benzene ring substituents is 1. The topological polar surface area (TPSA) is 119 Å². The van der Waals surface area contributed by atoms with Gasteiger partial charge in [0.05, 0.1) is 22.0 Å². The van der Waals surface area contributed by atoms with Crippen LogP contribution in [0.15, 0.2) is 18.2 Å². The lowest BCUT2D eigenvalue weighted by molar-refractivity contribution is -0.385. The molecule has 0 spiro atoms. The zero-order valence-corrected chi connectivity index (χ0v) is 17.5. The Hall–Kier alpha value is -3.27. The minimum atomic E-state index is -0.662. The second kappa shape index (κ2) is 8.82. The maximum Gasteiger partial charge on any atom is 0.341 e. The predicted molar refractivity (Wildman–Crippen MR) is 109 cm³/mol. The molecule has 0 saturated carbocycles. The molecule has 0 aliphatic rings. The summed E-state index contributed by atoms with van der Waals surface area (Å²) >= 11 is 0.958. The number of ether oxygens (including phenoxy) is 1. The Morgan fingerprint density at radius 1 is 1.21 bits per heavy atom. The van der Waals surface area contributed by atoms with E-state index in [9.17, 15) is 24.5 Å². The summed E-state index contributed by atoms with van der Waals surface area (Å²) in [6.07, 6.45) is 0. The highest BCUT2D eigenvalue weighted by Gasteiger charge is 2.28. The van der Waals surface area contributed by atoms with E-state index in [1.54, 1.807) is 27.9 Å². The lowest BCUT2D eigenvalue weighted by atomic mass is 10.1. The average molecular weight is 419 g/mol. The van der Waals surface area contributed by atoms with Crippen LogP contribution in [0.4, 0.5) is 10.7 Å². The molecule has 154 valence electrons. The largest absolute Gasteiger partial charge is 0.462 e. The highest BCUT2D eigenvalue weighted by molar-refractivity contribution is 7.18. The molecule has 1 aromatic carbocycles. The van der Waals surface area contributed by atoms with E-state index < -0.39 is 16.8 Å². The zero-order chi connectivity index (χ0) is 21.9. The third-order valence-electron chi connectivity index (χ3n) is 4.20. The van der Waals surface area contributed by atoms with E-state index in [1.807, 2.05) is 0 Å². The molecule has 0 fully saturated rings. The number of carbonyl (C=O) groups is 3. The minimum absolute atomic E-state index is 0.0958. The summed E-state index contributed by atoms with van der Waals surface area (Å²) in [5, 5.41) is 13.9. The van der Waals surface area contributed by atoms with E-state index in [-0.39, 0.29) is 39.9 Å². The van der Waals surface area contributed by atoms with Crippen LogP contribution in [0.1, 0.15) is 48.4 Å². The molecule has 0 aliphatic carbocycles. The Morgan fingerprint density at radius 3 is 2.41 bits per heavy atom. The summed E-state index contributed by atoms with van der Waals surface area (Å²) in [7, 11) is 3.16. The Bertz CT molecular complexity index is 996. The Morgan fingerprint density at radius 2 is 1.86 bits per heavy atom. The Balaban J connectivity index is 2.51. The molecule has 0 aliphatic heterocycles. The van der Waals surface area contributed by atoms with Crippen molar-refractivity contribution < 1.29 is 24.0 Å². The lowest BCUT2D eigenvalue weighted by Gasteiger charge is -2.09. The number of benzene rings is 1. The number of hydrogen-bond donors (Lipinski definition) is 1. The Labute approximate surface area is 171 Å². The fourth-order valence-corrected chi connectivity index (χ4v) is 3.91. The van der Waals surface area contributed by atoms with Crippen LogP contribution in [0.3, 0.4) is 0 Å². The van der Waals surface area contributed by atoms with Crippen LogP contribution in [0, 0.1) is 24.0 Å². The summed E-state index contributed by atoms with van der Waals surface area (Å²) in [5.41, 5.74) is 0.608. The third kappa shape index (κ3) is 4.43. The number of esters is 1. The zero-order valence-electron chi connectivity index (χ0n) is 16.7. The molecule has 9 nitrogen and oxygen atoms in total. The molecular formula is C19H21N3O6S. The summed E-state index contributed by atoms with van der Waals surface area (Å²) in [6, 6.07) is 4.17. The fraction of sp³-hybridized carbons (Fsp3) is 0.316. The average Bonchev–Trinajstić information content (AvgIpc) is 2.96. The SMILES string of the molecule is CCOC(=O)c1c(NC(=O)c2cccc([N+](=O)[O-])c2C)sc(C(=O)N(C)C)c1C. The molecule has 2 aromatic rings. The van der Waals surface area contributed by atoms with Crippen LogP contribution < -0.4 is 5.32 Å². The van der Waals surface area contributed by atoms with Crippen molar-refractivity contribution in [1.82, 2.24) is 4.90 Å². The van der Waals surface area contributed by atoms with Crippen LogP contribution >= 0.6 is 11.3 Å². The van der Waals surface area contributed by atoms with Crippen LogP contribution in [-0.2, 0) is 4.74 Å². The number of nitrogens with one attached hydrogen (secondary N) is 1. The molecular weight excluding hydrogens is 398 g/mol. The maximum atomic E-state index is 12.8. The molecule has 10 heteroatoms. The monoisotopic (exact) mass is 419 g/mol. The lowest BCUT2D eigenvalue weighted by Crippen LogP contribution is -2.21. The van der Waals surface area contributed by atoms with Gasteiger partial charge in [0.2, 0.25) is 0 Å². The van der Waals surface area contributed by atoms with Gasteiger partial charge in [0.15, 0.2) is 0 Å². The number of rotatable bonds is 6. The summed E-state index contributed by atoms with van der Waals surface area (Å²) in [6.45, 7) is 4.85. The van der Waals surface area contributed by atoms with E-state index in [2.05, 4.69) is 5.32 Å². The van der Waals surface area contributed by atoms with Crippen LogP contribution in [0.25, 0.3) is 0 Å². The first-order valence-electron chi connectivity index (χ1n) is 8.67. The summed E-state index contributed by atoms with van der Waals surface area (Å²) in [4.78, 5) is 49.9. The molecule has 2 rings (SSSR count). The fourth-order valence-electron chi connectivity index (χ4n) is 2.70. The number of hydrogen-bond acceptors (Lipinski definition) is 7. The van der Waals surface area contributed by atoms with Crippen LogP contribution in [-0.4, -0.2) is 48.3 Å². The van der Waals surface area contributed by atoms with Crippen LogP contribution in [0.2, 0.25) is 0 Å². The van der Waals surface area contributed by atoms with E-state index in [0.717, 1.165) is 11.3 Å². The van der Waals surface area contributed by atoms with Gasteiger partial charge < -0.3 is 15.0 Å². The van der Waals surface area contributed by atoms with E-state index in [4.69, 9.17) is 4.74 Å². The van der Waals surface area contributed by atoms with Gasteiger partial charge in [-0.1, -0.05) is 6.07 Å². The van der Waals surface area contributed by atoms with E-state index >= 15 is 0 Å². The van der Waals surface area contributed by atoms with Crippen molar-refractivity contribution >= 4 is 39.8 Å². The maximum absolute atomic E-state index is 12.8. The quantitative estimate of drug-likeness (QED) is 0.435. The molecule has 0 unspecified atom stereocenters. The van der Waals surface area contributed by atoms with Gasteiger partial charge in [0, 0.05) is 31.3 Å². The molecule has 0 bridgehead atoms. The van der Waals surface area contributed by atoms with Gasteiger partial charge in [-0.15, -0.1) is 11.3 Å². The van der Waals surface area contributed by atoms with E-state index in [1.165, 1.54) is 30.0 Å². The number of nitrogens with zero attached hydrogens (tertiary/aromatic N) is 2. The minimum Gasteiger partial charge on any atom is -0.462 e. The number of carbonyl (C=O) groups excluding carboxylic acids is 3. The standard InChI is InChI=1S/C19H21N3O6S/c1-6-28-19(25)14-11(3)15(18(24)21(4)5)29-17(14)20-16(23)12-8-7-9-13(10(12)2)22(26)27/h7-9H,6H2,1-5H3,(H,20,23). The number of amides is 2. The van der Waals surface area contributed by atoms with Crippen molar-refractivity contribution in [2.24, 2.45) is 0 Å².